The van der Waals surface area contributed by atoms with E-state index in [4.69, 9.17) is 9.84 Å². The molecule has 2 saturated heterocycles. The van der Waals surface area contributed by atoms with Gasteiger partial charge in [0.25, 0.3) is 0 Å². The van der Waals surface area contributed by atoms with Gasteiger partial charge in [-0.05, 0) is 26.8 Å². The second-order valence-corrected chi connectivity index (χ2v) is 6.15. The van der Waals surface area contributed by atoms with Crippen molar-refractivity contribution in [1.82, 2.24) is 4.90 Å². The predicted molar refractivity (Wildman–Crippen MR) is 66.4 cm³/mol. The van der Waals surface area contributed by atoms with E-state index in [0.717, 1.165) is 33.0 Å². The highest BCUT2D eigenvalue weighted by Crippen LogP contribution is 2.38. The maximum absolute atomic E-state index is 11.6. The Morgan fingerprint density at radius 2 is 2.19 bits per heavy atom. The minimum atomic E-state index is -0.362. The van der Waals surface area contributed by atoms with E-state index in [1.54, 1.807) is 0 Å². The van der Waals surface area contributed by atoms with Crippen LogP contribution in [0.4, 0.5) is 0 Å². The molecular formula is C11H22NO3P. The first-order valence-electron chi connectivity index (χ1n) is 5.62. The van der Waals surface area contributed by atoms with Crippen LogP contribution >= 0.6 is 9.24 Å². The third kappa shape index (κ3) is 2.93. The molecule has 2 aliphatic heterocycles. The number of hydrogen-bond acceptors (Lipinski definition) is 4. The molecule has 0 aromatic rings. The molecule has 4 unspecified atom stereocenters. The molecule has 2 rings (SSSR count). The third-order valence-electron chi connectivity index (χ3n) is 3.28. The molecule has 0 aliphatic carbocycles. The van der Waals surface area contributed by atoms with Crippen molar-refractivity contribution < 1.29 is 14.6 Å². The lowest BCUT2D eigenvalue weighted by Gasteiger charge is -2.44. The van der Waals surface area contributed by atoms with Gasteiger partial charge in [0.1, 0.15) is 6.10 Å². The van der Waals surface area contributed by atoms with Crippen LogP contribution in [0.25, 0.3) is 0 Å². The molecule has 5 heteroatoms. The van der Waals surface area contributed by atoms with Gasteiger partial charge in [-0.15, -0.1) is 9.24 Å². The Kier molecular flexibility index (Phi) is 4.72. The van der Waals surface area contributed by atoms with E-state index in [-0.39, 0.29) is 17.2 Å². The highest BCUT2D eigenvalue weighted by Gasteiger charge is 2.44. The fourth-order valence-electron chi connectivity index (χ4n) is 2.44. The second-order valence-electron chi connectivity index (χ2n) is 4.88. The summed E-state index contributed by atoms with van der Waals surface area (Å²) in [7, 11) is 5.77. The van der Waals surface area contributed by atoms with Gasteiger partial charge in [0, 0.05) is 26.1 Å². The molecule has 0 aromatic heterocycles. The number of aliphatic hydroxyl groups excluding tert-OH is 1. The highest BCUT2D eigenvalue weighted by molar-refractivity contribution is 7.20. The largest absolute Gasteiger partial charge is 0.461 e. The average Bonchev–Trinajstić information content (AvgIpc) is 2.23. The summed E-state index contributed by atoms with van der Waals surface area (Å²) in [6.07, 6.45) is 2.10. The standard InChI is InChI=1S/C10H18NO2P.CH4O/c1-10(14)5-7-6-11(2)4-3-8(7)13-9(10)12;1-2/h7-8H,3-6,14H2,1-2H3;2H,1H3. The monoisotopic (exact) mass is 247 g/mol. The molecule has 2 fully saturated rings. The van der Waals surface area contributed by atoms with Crippen LogP contribution in [0, 0.1) is 5.92 Å². The van der Waals surface area contributed by atoms with Crippen molar-refractivity contribution in [3.05, 3.63) is 0 Å². The van der Waals surface area contributed by atoms with Gasteiger partial charge in [0.05, 0.1) is 5.16 Å². The third-order valence-corrected chi connectivity index (χ3v) is 3.75. The van der Waals surface area contributed by atoms with E-state index >= 15 is 0 Å². The summed E-state index contributed by atoms with van der Waals surface area (Å²) >= 11 is 0. The highest BCUT2D eigenvalue weighted by atomic mass is 31.0. The minimum Gasteiger partial charge on any atom is -0.461 e. The maximum Gasteiger partial charge on any atom is 0.315 e. The number of fused-ring (bicyclic) bond motifs is 1. The van der Waals surface area contributed by atoms with Gasteiger partial charge in [-0.25, -0.2) is 0 Å². The summed E-state index contributed by atoms with van der Waals surface area (Å²) < 4.78 is 5.47. The van der Waals surface area contributed by atoms with Gasteiger partial charge >= 0.3 is 5.97 Å². The SMILES string of the molecule is CN1CCC2OC(=O)C(C)(P)CC2C1.CO. The average molecular weight is 247 g/mol. The quantitative estimate of drug-likeness (QED) is 0.500. The number of hydrogen-bond donors (Lipinski definition) is 1. The smallest absolute Gasteiger partial charge is 0.315 e. The Labute approximate surface area is 99.5 Å². The van der Waals surface area contributed by atoms with Crippen molar-refractivity contribution in [1.29, 1.82) is 0 Å². The molecule has 0 radical (unpaired) electrons. The fourth-order valence-corrected chi connectivity index (χ4v) is 2.81. The molecule has 0 aromatic carbocycles. The Morgan fingerprint density at radius 1 is 1.56 bits per heavy atom. The van der Waals surface area contributed by atoms with Crippen molar-refractivity contribution in [2.75, 3.05) is 27.2 Å². The normalized spacial score (nSPS) is 39.2. The van der Waals surface area contributed by atoms with Crippen molar-refractivity contribution in [2.45, 2.75) is 31.0 Å². The van der Waals surface area contributed by atoms with Crippen LogP contribution in [0.2, 0.25) is 0 Å². The van der Waals surface area contributed by atoms with Crippen molar-refractivity contribution in [3.63, 3.8) is 0 Å². The van der Waals surface area contributed by atoms with Gasteiger partial charge in [0.15, 0.2) is 0 Å². The summed E-state index contributed by atoms with van der Waals surface area (Å²) in [6, 6.07) is 0. The lowest BCUT2D eigenvalue weighted by molar-refractivity contribution is -0.166. The summed E-state index contributed by atoms with van der Waals surface area (Å²) in [5.41, 5.74) is 0. The predicted octanol–water partition coefficient (Wildman–Crippen LogP) is 0.496. The molecule has 0 bridgehead atoms. The van der Waals surface area contributed by atoms with E-state index in [2.05, 4.69) is 21.2 Å². The molecule has 2 aliphatic rings. The number of esters is 1. The molecule has 0 saturated carbocycles. The first-order chi connectivity index (χ1) is 7.49. The van der Waals surface area contributed by atoms with Crippen LogP contribution in [-0.4, -0.2) is 54.5 Å². The van der Waals surface area contributed by atoms with Crippen molar-refractivity contribution >= 4 is 15.2 Å². The molecule has 16 heavy (non-hydrogen) atoms. The fraction of sp³-hybridized carbons (Fsp3) is 0.909. The van der Waals surface area contributed by atoms with E-state index in [9.17, 15) is 4.79 Å². The van der Waals surface area contributed by atoms with Crippen molar-refractivity contribution in [3.8, 4) is 0 Å². The van der Waals surface area contributed by atoms with Gasteiger partial charge < -0.3 is 14.7 Å². The van der Waals surface area contributed by atoms with Crippen LogP contribution < -0.4 is 0 Å². The zero-order valence-corrected chi connectivity index (χ0v) is 11.4. The van der Waals surface area contributed by atoms with Gasteiger partial charge in [-0.1, -0.05) is 0 Å². The molecule has 1 N–H and O–H groups in total. The van der Waals surface area contributed by atoms with Crippen LogP contribution in [0.3, 0.4) is 0 Å². The number of rotatable bonds is 0. The van der Waals surface area contributed by atoms with Crippen LogP contribution in [0.5, 0.6) is 0 Å². The molecule has 4 nitrogen and oxygen atoms in total. The number of carbonyl (C=O) groups excluding carboxylic acids is 1. The van der Waals surface area contributed by atoms with Crippen LogP contribution in [0.1, 0.15) is 19.8 Å². The van der Waals surface area contributed by atoms with Gasteiger partial charge in [-0.3, -0.25) is 4.79 Å². The topological polar surface area (TPSA) is 49.8 Å². The first-order valence-corrected chi connectivity index (χ1v) is 6.20. The van der Waals surface area contributed by atoms with E-state index in [1.807, 2.05) is 6.92 Å². The Hall–Kier alpha value is -0.180. The number of ether oxygens (including phenoxy) is 1. The Balaban J connectivity index is 0.000000606. The first kappa shape index (κ1) is 13.9. The van der Waals surface area contributed by atoms with E-state index in [1.165, 1.54) is 0 Å². The molecule has 4 atom stereocenters. The maximum atomic E-state index is 11.6. The van der Waals surface area contributed by atoms with Crippen LogP contribution in [-0.2, 0) is 9.53 Å². The Bertz CT molecular complexity index is 258. The summed E-state index contributed by atoms with van der Waals surface area (Å²) in [6.45, 7) is 4.05. The number of likely N-dealkylation sites (tertiary alicyclic amines) is 1. The Morgan fingerprint density at radius 3 is 2.81 bits per heavy atom. The lowest BCUT2D eigenvalue weighted by atomic mass is 9.83. The van der Waals surface area contributed by atoms with Crippen molar-refractivity contribution in [2.24, 2.45) is 5.92 Å². The zero-order valence-electron chi connectivity index (χ0n) is 10.3. The number of nitrogens with zero attached hydrogens (tertiary/aromatic N) is 1. The van der Waals surface area contributed by atoms with E-state index < -0.39 is 0 Å². The molecular weight excluding hydrogens is 225 g/mol. The van der Waals surface area contributed by atoms with Gasteiger partial charge in [-0.2, -0.15) is 0 Å². The van der Waals surface area contributed by atoms with Gasteiger partial charge in [0.2, 0.25) is 0 Å². The summed E-state index contributed by atoms with van der Waals surface area (Å²) in [5, 5.41) is 6.64. The summed E-state index contributed by atoms with van der Waals surface area (Å²) in [5.74, 6) is 0.474. The summed E-state index contributed by atoms with van der Waals surface area (Å²) in [4.78, 5) is 13.9. The number of carbonyl (C=O) groups is 1. The second kappa shape index (κ2) is 5.44. The van der Waals surface area contributed by atoms with Crippen LogP contribution in [0.15, 0.2) is 0 Å². The number of piperidine rings is 1. The zero-order chi connectivity index (χ0) is 12.3. The molecule has 0 spiro atoms. The molecule has 0 amide bonds. The van der Waals surface area contributed by atoms with E-state index in [0.29, 0.717) is 5.92 Å². The lowest BCUT2D eigenvalue weighted by Crippen LogP contribution is -2.52. The molecule has 2 heterocycles. The number of aliphatic hydroxyl groups is 1. The minimum absolute atomic E-state index is 0.0479. The molecule has 94 valence electrons.